The van der Waals surface area contributed by atoms with Gasteiger partial charge in [-0.3, -0.25) is 10.1 Å². The molecular formula is C12H7BrF2N2O2. The van der Waals surface area contributed by atoms with Crippen molar-refractivity contribution in [3.8, 4) is 0 Å². The van der Waals surface area contributed by atoms with Crippen LogP contribution in [0.25, 0.3) is 0 Å². The summed E-state index contributed by atoms with van der Waals surface area (Å²) in [6.45, 7) is 0. The van der Waals surface area contributed by atoms with Crippen LogP contribution < -0.4 is 5.32 Å². The maximum atomic E-state index is 13.6. The molecule has 98 valence electrons. The Balaban J connectivity index is 2.44. The van der Waals surface area contributed by atoms with Crippen LogP contribution in [-0.2, 0) is 0 Å². The molecule has 0 saturated carbocycles. The van der Waals surface area contributed by atoms with Crippen molar-refractivity contribution in [1.29, 1.82) is 0 Å². The van der Waals surface area contributed by atoms with Crippen LogP contribution in [0.5, 0.6) is 0 Å². The molecule has 2 aromatic carbocycles. The first kappa shape index (κ1) is 13.4. The molecule has 0 heterocycles. The minimum absolute atomic E-state index is 0.0249. The molecule has 4 nitrogen and oxygen atoms in total. The lowest BCUT2D eigenvalue weighted by atomic mass is 10.2. The maximum Gasteiger partial charge on any atom is 0.327 e. The molecule has 0 saturated heterocycles. The van der Waals surface area contributed by atoms with Crippen molar-refractivity contribution in [2.75, 3.05) is 5.32 Å². The van der Waals surface area contributed by atoms with Gasteiger partial charge in [0.15, 0.2) is 0 Å². The van der Waals surface area contributed by atoms with E-state index in [0.717, 1.165) is 6.07 Å². The van der Waals surface area contributed by atoms with Crippen LogP contribution in [0, 0.1) is 21.7 Å². The molecule has 2 aromatic rings. The minimum Gasteiger partial charge on any atom is -0.347 e. The van der Waals surface area contributed by atoms with E-state index in [9.17, 15) is 18.9 Å². The van der Waals surface area contributed by atoms with E-state index in [1.54, 1.807) is 6.07 Å². The monoisotopic (exact) mass is 328 g/mol. The average Bonchev–Trinajstić information content (AvgIpc) is 2.32. The third kappa shape index (κ3) is 2.87. The van der Waals surface area contributed by atoms with Crippen LogP contribution in [0.4, 0.5) is 25.8 Å². The van der Waals surface area contributed by atoms with Gasteiger partial charge in [0, 0.05) is 4.47 Å². The molecular weight excluding hydrogens is 322 g/mol. The second kappa shape index (κ2) is 5.31. The van der Waals surface area contributed by atoms with Gasteiger partial charge in [-0.2, -0.15) is 4.39 Å². The molecule has 19 heavy (non-hydrogen) atoms. The Morgan fingerprint density at radius 2 is 1.84 bits per heavy atom. The van der Waals surface area contributed by atoms with Gasteiger partial charge in [0.2, 0.25) is 5.82 Å². The van der Waals surface area contributed by atoms with E-state index in [1.165, 1.54) is 24.3 Å². The summed E-state index contributed by atoms with van der Waals surface area (Å²) in [5.41, 5.74) is -0.798. The molecule has 0 amide bonds. The van der Waals surface area contributed by atoms with Crippen molar-refractivity contribution in [2.45, 2.75) is 0 Å². The van der Waals surface area contributed by atoms with Gasteiger partial charge >= 0.3 is 5.69 Å². The van der Waals surface area contributed by atoms with Crippen LogP contribution in [0.1, 0.15) is 0 Å². The van der Waals surface area contributed by atoms with Crippen LogP contribution in [0.15, 0.2) is 40.9 Å². The number of nitro benzene ring substituents is 1. The molecule has 0 aromatic heterocycles. The summed E-state index contributed by atoms with van der Waals surface area (Å²) in [5, 5.41) is 13.3. The number of nitro groups is 1. The molecule has 0 atom stereocenters. The van der Waals surface area contributed by atoms with Crippen molar-refractivity contribution in [3.63, 3.8) is 0 Å². The highest BCUT2D eigenvalue weighted by Crippen LogP contribution is 2.31. The number of nitrogens with zero attached hydrogens (tertiary/aromatic N) is 1. The Hall–Kier alpha value is -2.02. The quantitative estimate of drug-likeness (QED) is 0.672. The van der Waals surface area contributed by atoms with Crippen molar-refractivity contribution < 1.29 is 13.7 Å². The lowest BCUT2D eigenvalue weighted by Crippen LogP contribution is -2.00. The van der Waals surface area contributed by atoms with Crippen molar-refractivity contribution in [1.82, 2.24) is 0 Å². The minimum atomic E-state index is -0.979. The second-order valence-electron chi connectivity index (χ2n) is 3.64. The number of hydrogen-bond donors (Lipinski definition) is 1. The van der Waals surface area contributed by atoms with E-state index >= 15 is 0 Å². The van der Waals surface area contributed by atoms with E-state index in [1.807, 2.05) is 0 Å². The molecule has 0 spiro atoms. The van der Waals surface area contributed by atoms with Gasteiger partial charge in [-0.05, 0) is 30.3 Å². The number of nitrogens with one attached hydrogen (secondary N) is 1. The molecule has 0 bridgehead atoms. The SMILES string of the molecule is O=[N+]([O-])c1c(F)cccc1Nc1ccc(Br)cc1F. The van der Waals surface area contributed by atoms with Crippen LogP contribution >= 0.6 is 15.9 Å². The zero-order valence-electron chi connectivity index (χ0n) is 9.36. The largest absolute Gasteiger partial charge is 0.347 e. The predicted octanol–water partition coefficient (Wildman–Crippen LogP) is 4.38. The number of benzene rings is 2. The lowest BCUT2D eigenvalue weighted by molar-refractivity contribution is -0.386. The molecule has 0 fully saturated rings. The summed E-state index contributed by atoms with van der Waals surface area (Å²) in [4.78, 5) is 9.94. The number of anilines is 2. The van der Waals surface area contributed by atoms with E-state index in [0.29, 0.717) is 4.47 Å². The van der Waals surface area contributed by atoms with E-state index in [2.05, 4.69) is 21.2 Å². The van der Waals surface area contributed by atoms with Crippen molar-refractivity contribution in [3.05, 3.63) is 62.6 Å². The van der Waals surface area contributed by atoms with Gasteiger partial charge in [-0.15, -0.1) is 0 Å². The number of rotatable bonds is 3. The van der Waals surface area contributed by atoms with Crippen LogP contribution in [0.3, 0.4) is 0 Å². The molecule has 0 aliphatic rings. The first-order valence-corrected chi connectivity index (χ1v) is 5.93. The predicted molar refractivity (Wildman–Crippen MR) is 70.4 cm³/mol. The highest BCUT2D eigenvalue weighted by Gasteiger charge is 2.20. The summed E-state index contributed by atoms with van der Waals surface area (Å²) in [6, 6.07) is 7.75. The highest BCUT2D eigenvalue weighted by molar-refractivity contribution is 9.10. The Morgan fingerprint density at radius 3 is 2.47 bits per heavy atom. The number of para-hydroxylation sites is 1. The standard InChI is InChI=1S/C12H7BrF2N2O2/c13-7-4-5-10(9(15)6-7)16-11-3-1-2-8(14)12(11)17(18)19/h1-6,16H. The average molecular weight is 329 g/mol. The van der Waals surface area contributed by atoms with Gasteiger partial charge in [0.1, 0.15) is 11.5 Å². The zero-order chi connectivity index (χ0) is 14.0. The molecule has 0 unspecified atom stereocenters. The smallest absolute Gasteiger partial charge is 0.327 e. The van der Waals surface area contributed by atoms with Gasteiger partial charge < -0.3 is 5.32 Å². The molecule has 7 heteroatoms. The molecule has 0 radical (unpaired) electrons. The van der Waals surface area contributed by atoms with E-state index in [-0.39, 0.29) is 11.4 Å². The van der Waals surface area contributed by atoms with E-state index < -0.39 is 22.2 Å². The maximum absolute atomic E-state index is 13.6. The fraction of sp³-hybridized carbons (Fsp3) is 0. The van der Waals surface area contributed by atoms with Gasteiger partial charge in [0.05, 0.1) is 10.6 Å². The Morgan fingerprint density at radius 1 is 1.11 bits per heavy atom. The van der Waals surface area contributed by atoms with Gasteiger partial charge in [-0.25, -0.2) is 4.39 Å². The van der Waals surface area contributed by atoms with Crippen molar-refractivity contribution in [2.24, 2.45) is 0 Å². The molecule has 1 N–H and O–H groups in total. The van der Waals surface area contributed by atoms with Gasteiger partial charge in [-0.1, -0.05) is 22.0 Å². The first-order chi connectivity index (χ1) is 8.99. The number of halogens is 3. The molecule has 2 rings (SSSR count). The summed E-state index contributed by atoms with van der Waals surface area (Å²) in [6.07, 6.45) is 0. The summed E-state index contributed by atoms with van der Waals surface area (Å²) in [5.74, 6) is -1.58. The second-order valence-corrected chi connectivity index (χ2v) is 4.56. The Bertz CT molecular complexity index is 650. The normalized spacial score (nSPS) is 10.3. The first-order valence-electron chi connectivity index (χ1n) is 5.14. The van der Waals surface area contributed by atoms with Crippen molar-refractivity contribution >= 4 is 33.0 Å². The highest BCUT2D eigenvalue weighted by atomic mass is 79.9. The molecule has 0 aliphatic carbocycles. The third-order valence-corrected chi connectivity index (χ3v) is 2.86. The van der Waals surface area contributed by atoms with Gasteiger partial charge in [0.25, 0.3) is 0 Å². The lowest BCUT2D eigenvalue weighted by Gasteiger charge is -2.08. The zero-order valence-corrected chi connectivity index (χ0v) is 10.9. The number of hydrogen-bond acceptors (Lipinski definition) is 3. The molecule has 0 aliphatic heterocycles. The third-order valence-electron chi connectivity index (χ3n) is 2.37. The van der Waals surface area contributed by atoms with E-state index in [4.69, 9.17) is 0 Å². The topological polar surface area (TPSA) is 55.2 Å². The van der Waals surface area contributed by atoms with Crippen LogP contribution in [-0.4, -0.2) is 4.92 Å². The van der Waals surface area contributed by atoms with Crippen LogP contribution in [0.2, 0.25) is 0 Å². The fourth-order valence-corrected chi connectivity index (χ4v) is 1.87. The summed E-state index contributed by atoms with van der Waals surface area (Å²) in [7, 11) is 0. The Labute approximate surface area is 115 Å². The Kier molecular flexibility index (Phi) is 3.75. The summed E-state index contributed by atoms with van der Waals surface area (Å²) < 4.78 is 27.5. The summed E-state index contributed by atoms with van der Waals surface area (Å²) >= 11 is 3.10. The fourth-order valence-electron chi connectivity index (χ4n) is 1.54.